The molecular weight excluding hydrogens is 1220 g/mol. The summed E-state index contributed by atoms with van der Waals surface area (Å²) in [5.41, 5.74) is 20.9. The van der Waals surface area contributed by atoms with Crippen LogP contribution in [0.3, 0.4) is 0 Å². The molecular formula is C78H67N5OPt-2. The van der Waals surface area contributed by atoms with E-state index in [0.29, 0.717) is 11.5 Å². The molecule has 85 heavy (non-hydrogen) atoms. The quantitative estimate of drug-likeness (QED) is 0.142. The number of nitrogens with zero attached hydrogens (tertiary/aromatic N) is 5. The Morgan fingerprint density at radius 1 is 0.388 bits per heavy atom. The second kappa shape index (κ2) is 21.8. The molecule has 0 N–H and O–H groups in total. The number of imidazole rings is 1. The molecule has 422 valence electrons. The Morgan fingerprint density at radius 2 is 0.871 bits per heavy atom. The molecule has 0 amide bonds. The van der Waals surface area contributed by atoms with E-state index in [2.05, 4.69) is 343 Å². The molecule has 1 aliphatic rings. The summed E-state index contributed by atoms with van der Waals surface area (Å²) in [5.74, 6) is 1.86. The van der Waals surface area contributed by atoms with E-state index in [4.69, 9.17) is 9.72 Å². The number of rotatable bonds is 8. The zero-order chi connectivity index (χ0) is 58.8. The first-order valence-electron chi connectivity index (χ1n) is 29.2. The second-order valence-corrected chi connectivity index (χ2v) is 26.1. The van der Waals surface area contributed by atoms with Crippen molar-refractivity contribution in [3.05, 3.63) is 275 Å². The summed E-state index contributed by atoms with van der Waals surface area (Å²) < 4.78 is 12.8. The van der Waals surface area contributed by atoms with Gasteiger partial charge in [-0.1, -0.05) is 117 Å². The van der Waals surface area contributed by atoms with Crippen LogP contribution in [0.1, 0.15) is 79.0 Å². The molecule has 12 aromatic rings. The number of benzene rings is 10. The molecule has 0 atom stereocenters. The van der Waals surface area contributed by atoms with E-state index in [1.807, 2.05) is 12.3 Å². The van der Waals surface area contributed by atoms with Crippen LogP contribution in [0.4, 0.5) is 34.3 Å². The number of hydrogen-bond acceptors (Lipinski definition) is 4. The third-order valence-electron chi connectivity index (χ3n) is 16.3. The first kappa shape index (κ1) is 55.1. The van der Waals surface area contributed by atoms with E-state index < -0.39 is 0 Å². The van der Waals surface area contributed by atoms with Crippen LogP contribution in [0.15, 0.2) is 243 Å². The van der Waals surface area contributed by atoms with Gasteiger partial charge in [0.05, 0.1) is 5.69 Å². The normalized spacial score (nSPS) is 12.6. The van der Waals surface area contributed by atoms with Crippen LogP contribution in [0.5, 0.6) is 11.5 Å². The van der Waals surface area contributed by atoms with Crippen molar-refractivity contribution in [3.63, 3.8) is 0 Å². The molecule has 0 aliphatic carbocycles. The Bertz CT molecular complexity index is 4480. The average Bonchev–Trinajstić information content (AvgIpc) is 2.89. The molecule has 3 heterocycles. The monoisotopic (exact) mass is 1280 g/mol. The Labute approximate surface area is 511 Å². The van der Waals surface area contributed by atoms with Gasteiger partial charge in [-0.3, -0.25) is 0 Å². The van der Waals surface area contributed by atoms with E-state index >= 15 is 0 Å². The van der Waals surface area contributed by atoms with Crippen molar-refractivity contribution in [2.45, 2.75) is 78.6 Å². The van der Waals surface area contributed by atoms with Gasteiger partial charge in [0.2, 0.25) is 0 Å². The fourth-order valence-corrected chi connectivity index (χ4v) is 12.8. The van der Waals surface area contributed by atoms with Gasteiger partial charge in [0.15, 0.2) is 0 Å². The van der Waals surface area contributed by atoms with E-state index in [1.165, 1.54) is 16.7 Å². The number of anilines is 6. The third-order valence-corrected chi connectivity index (χ3v) is 17.3. The zero-order valence-corrected chi connectivity index (χ0v) is 51.8. The van der Waals surface area contributed by atoms with Crippen LogP contribution in [-0.2, 0) is 35.6 Å². The van der Waals surface area contributed by atoms with E-state index in [0.717, 1.165) is 105 Å². The Kier molecular flexibility index (Phi) is 14.2. The summed E-state index contributed by atoms with van der Waals surface area (Å²) >= 11 is 2.50. The van der Waals surface area contributed by atoms with Crippen molar-refractivity contribution in [2.24, 2.45) is 0 Å². The molecule has 0 saturated carbocycles. The van der Waals surface area contributed by atoms with Crippen molar-refractivity contribution < 1.29 is 24.1 Å². The van der Waals surface area contributed by atoms with Gasteiger partial charge >= 0.3 is 306 Å². The number of hydrogen-bond donors (Lipinski definition) is 0. The summed E-state index contributed by atoms with van der Waals surface area (Å²) in [6.07, 6.45) is 1.95. The fourth-order valence-electron chi connectivity index (χ4n) is 11.8. The Morgan fingerprint density at radius 3 is 1.48 bits per heavy atom. The summed E-state index contributed by atoms with van der Waals surface area (Å²) in [7, 11) is 0. The predicted molar refractivity (Wildman–Crippen MR) is 349 cm³/mol. The SMILES string of the molecule is CC(C)(C)c1ccnc(N2c3[c-]c(Oc4[c-]c(-n5[c](=[Pt])n(-c6c(-c7ccccc7)cccc6-c6ccccc6)c6ccccc65)ccc4)ccc3-c3ccc(C(C)(C)C)cc3N(c3ccccc3)c3cc(C(C)(C)C)ccc3-c3ccccc32)c1. The molecule has 7 heteroatoms. The average molecular weight is 1290 g/mol. The van der Waals surface area contributed by atoms with Gasteiger partial charge in [0, 0.05) is 17.4 Å². The van der Waals surface area contributed by atoms with Gasteiger partial charge in [-0.25, -0.2) is 0 Å². The van der Waals surface area contributed by atoms with Crippen molar-refractivity contribution in [2.75, 3.05) is 9.80 Å². The first-order chi connectivity index (χ1) is 41.0. The number of aromatic nitrogens is 3. The summed E-state index contributed by atoms with van der Waals surface area (Å²) in [5, 5.41) is 0. The number of pyridine rings is 1. The molecule has 10 aromatic carbocycles. The molecule has 0 bridgehead atoms. The third kappa shape index (κ3) is 10.4. The van der Waals surface area contributed by atoms with Gasteiger partial charge in [0.1, 0.15) is 0 Å². The van der Waals surface area contributed by atoms with Gasteiger partial charge in [-0.2, -0.15) is 0 Å². The van der Waals surface area contributed by atoms with Crippen molar-refractivity contribution in [1.29, 1.82) is 0 Å². The maximum absolute atomic E-state index is 7.13. The molecule has 0 radical (unpaired) electrons. The van der Waals surface area contributed by atoms with E-state index in [1.54, 1.807) is 0 Å². The minimum absolute atomic E-state index is 0.127. The summed E-state index contributed by atoms with van der Waals surface area (Å²) in [6, 6.07) is 92.8. The minimum atomic E-state index is -0.160. The molecule has 0 saturated heterocycles. The first-order valence-corrected chi connectivity index (χ1v) is 30.3. The maximum atomic E-state index is 7.13. The van der Waals surface area contributed by atoms with Gasteiger partial charge in [-0.05, 0) is 63.3 Å². The Balaban J connectivity index is 1.03. The molecule has 2 aromatic heterocycles. The second-order valence-electron chi connectivity index (χ2n) is 25.1. The topological polar surface area (TPSA) is 38.5 Å². The molecule has 0 spiro atoms. The number of ether oxygens (including phenoxy) is 1. The van der Waals surface area contributed by atoms with E-state index in [-0.39, 0.29) is 16.2 Å². The molecule has 0 unspecified atom stereocenters. The van der Waals surface area contributed by atoms with Crippen LogP contribution in [-0.4, -0.2) is 14.1 Å². The van der Waals surface area contributed by atoms with Crippen LogP contribution >= 0.6 is 0 Å². The van der Waals surface area contributed by atoms with Crippen molar-refractivity contribution >= 4 is 45.3 Å². The van der Waals surface area contributed by atoms with Crippen molar-refractivity contribution in [1.82, 2.24) is 14.1 Å². The van der Waals surface area contributed by atoms with Crippen LogP contribution in [0.2, 0.25) is 0 Å². The summed E-state index contributed by atoms with van der Waals surface area (Å²) in [4.78, 5) is 10.1. The molecule has 13 rings (SSSR count). The van der Waals surface area contributed by atoms with E-state index in [9.17, 15) is 0 Å². The van der Waals surface area contributed by atoms with Crippen molar-refractivity contribution in [3.8, 4) is 67.4 Å². The van der Waals surface area contributed by atoms with Crippen LogP contribution in [0, 0.1) is 15.9 Å². The van der Waals surface area contributed by atoms with Crippen LogP contribution < -0.4 is 14.5 Å². The van der Waals surface area contributed by atoms with Crippen LogP contribution in [0.25, 0.3) is 66.9 Å². The number of para-hydroxylation sites is 5. The standard InChI is InChI=1S/C78H67N5O.Pt/c1-76(2,3)55-39-42-65-64-33-19-20-36-68(64)83(74-49-57(45-46-79-74)78(7,8)9)73-51-61(41-44-67(73)66-43-40-56(77(4,5)6)48-72(66)82(71(65)47-55)58-29-17-12-18-30-58)84-60-32-23-31-59(50-60)80-52-81(70-38-22-21-37-69(70)80)75-62(53-25-13-10-14-26-53)34-24-35-63(75)54-27-15-11-16-28-54;/h10-49H,1-9H3;/q-2;. The molecule has 1 aliphatic heterocycles. The molecule has 0 fully saturated rings. The van der Waals surface area contributed by atoms with Gasteiger partial charge in [0.25, 0.3) is 0 Å². The fraction of sp³-hybridized carbons (Fsp3) is 0.154. The summed E-state index contributed by atoms with van der Waals surface area (Å²) in [6.45, 7) is 20.5. The van der Waals surface area contributed by atoms with Gasteiger partial charge in [-0.15, -0.1) is 0 Å². The zero-order valence-electron chi connectivity index (χ0n) is 49.6. The number of fused-ring (bicyclic) bond motifs is 7. The predicted octanol–water partition coefficient (Wildman–Crippen LogP) is 21.1. The Hall–Kier alpha value is -9.09. The molecule has 6 nitrogen and oxygen atoms in total. The van der Waals surface area contributed by atoms with Gasteiger partial charge < -0.3 is 4.90 Å².